The molecule has 1 amide bonds. The predicted octanol–water partition coefficient (Wildman–Crippen LogP) is 0.698. The molecule has 1 aromatic carbocycles. The third-order valence-corrected chi connectivity index (χ3v) is 5.09. The molecule has 0 spiro atoms. The van der Waals surface area contributed by atoms with Crippen LogP contribution in [0.2, 0.25) is 0 Å². The van der Waals surface area contributed by atoms with Gasteiger partial charge in [0.1, 0.15) is 0 Å². The lowest BCUT2D eigenvalue weighted by atomic mass is 10.1. The summed E-state index contributed by atoms with van der Waals surface area (Å²) < 4.78 is 26.2. The smallest absolute Gasteiger partial charge is 0.308 e. The summed E-state index contributed by atoms with van der Waals surface area (Å²) in [6, 6.07) is 5.56. The lowest BCUT2D eigenvalue weighted by Crippen LogP contribution is -2.30. The lowest BCUT2D eigenvalue weighted by Gasteiger charge is -2.16. The molecular formula is C15H18N2O5S. The second-order valence-corrected chi connectivity index (χ2v) is 7.01. The number of amides is 1. The largest absolute Gasteiger partial charge is 0.481 e. The minimum atomic E-state index is -3.63. The minimum absolute atomic E-state index is 0.0562. The molecule has 1 fully saturated rings. The van der Waals surface area contributed by atoms with E-state index in [0.29, 0.717) is 18.5 Å². The van der Waals surface area contributed by atoms with Crippen molar-refractivity contribution in [1.82, 2.24) is 9.62 Å². The normalized spacial score (nSPS) is 17.9. The molecule has 1 aliphatic rings. The molecule has 0 radical (unpaired) electrons. The van der Waals surface area contributed by atoms with Crippen molar-refractivity contribution < 1.29 is 23.1 Å². The first-order valence-corrected chi connectivity index (χ1v) is 8.56. The number of carbonyl (C=O) groups excluding carboxylic acids is 1. The first-order chi connectivity index (χ1) is 10.8. The van der Waals surface area contributed by atoms with Crippen LogP contribution < -0.4 is 4.72 Å². The summed E-state index contributed by atoms with van der Waals surface area (Å²) in [5.41, 5.74) is 0.332. The molecule has 0 bridgehead atoms. The summed E-state index contributed by atoms with van der Waals surface area (Å²) in [6.45, 7) is 4.12. The summed E-state index contributed by atoms with van der Waals surface area (Å²) in [7, 11) is -3.63. The number of aliphatic carboxylic acids is 1. The molecule has 1 saturated heterocycles. The molecule has 1 atom stereocenters. The van der Waals surface area contributed by atoms with Crippen LogP contribution in [-0.4, -0.2) is 49.9 Å². The van der Waals surface area contributed by atoms with Crippen LogP contribution in [0.5, 0.6) is 0 Å². The number of carboxylic acids is 1. The van der Waals surface area contributed by atoms with Crippen LogP contribution in [0.15, 0.2) is 41.8 Å². The maximum absolute atomic E-state index is 12.3. The Morgan fingerprint density at radius 2 is 2.00 bits per heavy atom. The number of carboxylic acid groups (broad SMARTS) is 1. The maximum atomic E-state index is 12.3. The van der Waals surface area contributed by atoms with Crippen LogP contribution in [-0.2, 0) is 14.8 Å². The Balaban J connectivity index is 2.09. The lowest BCUT2D eigenvalue weighted by molar-refractivity contribution is -0.141. The fourth-order valence-corrected chi connectivity index (χ4v) is 3.36. The third-order valence-electron chi connectivity index (χ3n) is 3.65. The average molecular weight is 338 g/mol. The van der Waals surface area contributed by atoms with E-state index in [0.717, 1.165) is 0 Å². The average Bonchev–Trinajstić information content (AvgIpc) is 3.02. The highest BCUT2D eigenvalue weighted by Crippen LogP contribution is 2.19. The highest BCUT2D eigenvalue weighted by atomic mass is 32.2. The van der Waals surface area contributed by atoms with E-state index in [1.54, 1.807) is 0 Å². The number of likely N-dealkylation sites (tertiary alicyclic amines) is 1. The van der Waals surface area contributed by atoms with Gasteiger partial charge in [0, 0.05) is 25.2 Å². The molecule has 1 heterocycles. The van der Waals surface area contributed by atoms with Crippen molar-refractivity contribution in [2.75, 3.05) is 19.6 Å². The van der Waals surface area contributed by atoms with E-state index in [1.165, 1.54) is 35.2 Å². The second kappa shape index (κ2) is 6.93. The van der Waals surface area contributed by atoms with Gasteiger partial charge in [-0.05, 0) is 30.7 Å². The molecule has 2 N–H and O–H groups in total. The highest BCUT2D eigenvalue weighted by Gasteiger charge is 2.31. The monoisotopic (exact) mass is 338 g/mol. The van der Waals surface area contributed by atoms with E-state index >= 15 is 0 Å². The van der Waals surface area contributed by atoms with Gasteiger partial charge in [-0.1, -0.05) is 6.08 Å². The van der Waals surface area contributed by atoms with Gasteiger partial charge in [-0.25, -0.2) is 13.1 Å². The van der Waals surface area contributed by atoms with Crippen LogP contribution in [0.1, 0.15) is 16.8 Å². The van der Waals surface area contributed by atoms with Crippen molar-refractivity contribution in [2.24, 2.45) is 5.92 Å². The standard InChI is InChI=1S/C15H18N2O5S/c1-2-8-16-23(21,22)13-5-3-11(4-6-13)14(18)17-9-7-12(10-17)15(19)20/h2-6,12,16H,1,7-10H2,(H,19,20). The van der Waals surface area contributed by atoms with Crippen molar-refractivity contribution in [1.29, 1.82) is 0 Å². The zero-order valence-corrected chi connectivity index (χ0v) is 13.3. The molecule has 7 nitrogen and oxygen atoms in total. The van der Waals surface area contributed by atoms with Crippen molar-refractivity contribution >= 4 is 21.9 Å². The van der Waals surface area contributed by atoms with Gasteiger partial charge in [0.15, 0.2) is 0 Å². The molecule has 23 heavy (non-hydrogen) atoms. The Labute approximate surface area is 134 Å². The molecular weight excluding hydrogens is 320 g/mol. The molecule has 0 aliphatic carbocycles. The van der Waals surface area contributed by atoms with Crippen LogP contribution >= 0.6 is 0 Å². The predicted molar refractivity (Wildman–Crippen MR) is 83.5 cm³/mol. The van der Waals surface area contributed by atoms with Gasteiger partial charge in [-0.3, -0.25) is 9.59 Å². The van der Waals surface area contributed by atoms with E-state index in [4.69, 9.17) is 5.11 Å². The van der Waals surface area contributed by atoms with E-state index in [-0.39, 0.29) is 23.9 Å². The Morgan fingerprint density at radius 3 is 2.52 bits per heavy atom. The SMILES string of the molecule is C=CCNS(=O)(=O)c1ccc(C(=O)N2CCC(C(=O)O)C2)cc1. The first kappa shape index (κ1) is 17.2. The Bertz CT molecular complexity index is 712. The summed E-state index contributed by atoms with van der Waals surface area (Å²) in [5.74, 6) is -1.74. The molecule has 8 heteroatoms. The van der Waals surface area contributed by atoms with E-state index in [2.05, 4.69) is 11.3 Å². The number of benzene rings is 1. The van der Waals surface area contributed by atoms with E-state index < -0.39 is 21.9 Å². The number of nitrogens with one attached hydrogen (secondary N) is 1. The number of nitrogens with zero attached hydrogens (tertiary/aromatic N) is 1. The number of rotatable bonds is 6. The fourth-order valence-electron chi connectivity index (χ4n) is 2.36. The fraction of sp³-hybridized carbons (Fsp3) is 0.333. The molecule has 1 unspecified atom stereocenters. The zero-order valence-electron chi connectivity index (χ0n) is 12.4. The second-order valence-electron chi connectivity index (χ2n) is 5.24. The van der Waals surface area contributed by atoms with Gasteiger partial charge in [0.25, 0.3) is 5.91 Å². The molecule has 1 aliphatic heterocycles. The van der Waals surface area contributed by atoms with E-state index in [1.807, 2.05) is 0 Å². The number of sulfonamides is 1. The Morgan fingerprint density at radius 1 is 1.35 bits per heavy atom. The zero-order chi connectivity index (χ0) is 17.0. The minimum Gasteiger partial charge on any atom is -0.481 e. The van der Waals surface area contributed by atoms with Crippen LogP contribution in [0.4, 0.5) is 0 Å². The van der Waals surface area contributed by atoms with Crippen LogP contribution in [0, 0.1) is 5.92 Å². The molecule has 0 aromatic heterocycles. The highest BCUT2D eigenvalue weighted by molar-refractivity contribution is 7.89. The summed E-state index contributed by atoms with van der Waals surface area (Å²) in [4.78, 5) is 24.8. The first-order valence-electron chi connectivity index (χ1n) is 7.08. The molecule has 0 saturated carbocycles. The van der Waals surface area contributed by atoms with Crippen molar-refractivity contribution in [3.63, 3.8) is 0 Å². The Kier molecular flexibility index (Phi) is 5.17. The Hall–Kier alpha value is -2.19. The molecule has 1 aromatic rings. The van der Waals surface area contributed by atoms with Gasteiger partial charge in [0.05, 0.1) is 10.8 Å². The van der Waals surface area contributed by atoms with Crippen LogP contribution in [0.25, 0.3) is 0 Å². The quantitative estimate of drug-likeness (QED) is 0.743. The van der Waals surface area contributed by atoms with Gasteiger partial charge in [-0.15, -0.1) is 6.58 Å². The van der Waals surface area contributed by atoms with Gasteiger partial charge < -0.3 is 10.0 Å². The molecule has 124 valence electrons. The number of carbonyl (C=O) groups is 2. The van der Waals surface area contributed by atoms with Gasteiger partial charge in [0.2, 0.25) is 10.0 Å². The number of hydrogen-bond donors (Lipinski definition) is 2. The van der Waals surface area contributed by atoms with Crippen molar-refractivity contribution in [3.05, 3.63) is 42.5 Å². The van der Waals surface area contributed by atoms with Crippen LogP contribution in [0.3, 0.4) is 0 Å². The van der Waals surface area contributed by atoms with Crippen molar-refractivity contribution in [3.8, 4) is 0 Å². The van der Waals surface area contributed by atoms with Crippen molar-refractivity contribution in [2.45, 2.75) is 11.3 Å². The topological polar surface area (TPSA) is 104 Å². The summed E-state index contributed by atoms with van der Waals surface area (Å²) >= 11 is 0. The molecule has 2 rings (SSSR count). The van der Waals surface area contributed by atoms with E-state index in [9.17, 15) is 18.0 Å². The number of hydrogen-bond acceptors (Lipinski definition) is 4. The summed E-state index contributed by atoms with van der Waals surface area (Å²) in [6.07, 6.45) is 1.86. The third kappa shape index (κ3) is 3.96. The van der Waals surface area contributed by atoms with Gasteiger partial charge in [-0.2, -0.15) is 0 Å². The summed E-state index contributed by atoms with van der Waals surface area (Å²) in [5, 5.41) is 8.96. The van der Waals surface area contributed by atoms with Gasteiger partial charge >= 0.3 is 5.97 Å². The maximum Gasteiger partial charge on any atom is 0.308 e.